The summed E-state index contributed by atoms with van der Waals surface area (Å²) in [4.78, 5) is 16.4. The van der Waals surface area contributed by atoms with Crippen molar-refractivity contribution in [2.75, 3.05) is 25.5 Å². The van der Waals surface area contributed by atoms with Gasteiger partial charge in [-0.05, 0) is 36.2 Å². The molecule has 3 aromatic rings. The van der Waals surface area contributed by atoms with Crippen LogP contribution >= 0.6 is 0 Å². The van der Waals surface area contributed by atoms with Crippen LogP contribution in [0.1, 0.15) is 27.9 Å². The third kappa shape index (κ3) is 5.24. The van der Waals surface area contributed by atoms with E-state index in [4.69, 9.17) is 5.11 Å². The number of aromatic nitrogens is 2. The number of aryl methyl sites for hydroxylation is 1. The molecule has 0 aliphatic carbocycles. The normalized spacial score (nSPS) is 11.9. The second-order valence-corrected chi connectivity index (χ2v) is 7.01. The second-order valence-electron chi connectivity index (χ2n) is 7.01. The van der Waals surface area contributed by atoms with E-state index >= 15 is 0 Å². The summed E-state index contributed by atoms with van der Waals surface area (Å²) in [5.74, 6) is -0.185. The fourth-order valence-corrected chi connectivity index (χ4v) is 3.28. The number of hydrogen-bond acceptors (Lipinski definition) is 4. The van der Waals surface area contributed by atoms with Crippen LogP contribution in [0.5, 0.6) is 0 Å². The van der Waals surface area contributed by atoms with Crippen LogP contribution in [0, 0.1) is 6.92 Å². The lowest BCUT2D eigenvalue weighted by molar-refractivity contribution is -0.131. The zero-order valence-corrected chi connectivity index (χ0v) is 17.1. The Morgan fingerprint density at radius 1 is 1.29 bits per heavy atom. The number of rotatable bonds is 7. The molecule has 3 rings (SSSR count). The fourth-order valence-electron chi connectivity index (χ4n) is 3.28. The number of anilines is 1. The predicted octanol–water partition coefficient (Wildman–Crippen LogP) is 4.04. The van der Waals surface area contributed by atoms with E-state index in [0.717, 1.165) is 16.8 Å². The molecular formula is C22H23F3N4O2. The third-order valence-corrected chi connectivity index (χ3v) is 4.76. The molecule has 0 fully saturated rings. The maximum absolute atomic E-state index is 12.6. The maximum atomic E-state index is 12.6. The lowest BCUT2D eigenvalue weighted by Crippen LogP contribution is -2.18. The highest BCUT2D eigenvalue weighted by molar-refractivity contribution is 5.96. The Labute approximate surface area is 177 Å². The van der Waals surface area contributed by atoms with Crippen molar-refractivity contribution in [2.24, 2.45) is 0 Å². The second kappa shape index (κ2) is 9.22. The molecule has 31 heavy (non-hydrogen) atoms. The van der Waals surface area contributed by atoms with E-state index in [9.17, 15) is 18.0 Å². The molecule has 0 spiro atoms. The zero-order valence-electron chi connectivity index (χ0n) is 17.1. The van der Waals surface area contributed by atoms with Gasteiger partial charge in [-0.3, -0.25) is 9.20 Å². The van der Waals surface area contributed by atoms with E-state index in [1.54, 1.807) is 54.2 Å². The Morgan fingerprint density at radius 2 is 2.06 bits per heavy atom. The first-order valence-corrected chi connectivity index (χ1v) is 9.65. The van der Waals surface area contributed by atoms with Crippen LogP contribution in [-0.4, -0.2) is 46.8 Å². The highest BCUT2D eigenvalue weighted by atomic mass is 19.4. The topological polar surface area (TPSA) is 78.7 Å². The SMILES string of the molecule is CNC(=O)c1ccc(-c2cnc3c(NCCC(F)(F)F)cc(/C=C\CO)cn23)cc1C. The van der Waals surface area contributed by atoms with Gasteiger partial charge in [-0.25, -0.2) is 4.98 Å². The molecule has 0 atom stereocenters. The summed E-state index contributed by atoms with van der Waals surface area (Å²) >= 11 is 0. The van der Waals surface area contributed by atoms with Crippen molar-refractivity contribution < 1.29 is 23.1 Å². The van der Waals surface area contributed by atoms with Crippen molar-refractivity contribution in [1.29, 1.82) is 0 Å². The van der Waals surface area contributed by atoms with E-state index in [2.05, 4.69) is 15.6 Å². The number of aliphatic hydroxyl groups is 1. The Hall–Kier alpha value is -3.33. The lowest BCUT2D eigenvalue weighted by atomic mass is 10.0. The molecule has 1 amide bonds. The van der Waals surface area contributed by atoms with E-state index < -0.39 is 12.6 Å². The van der Waals surface area contributed by atoms with Crippen LogP contribution < -0.4 is 10.6 Å². The molecule has 0 saturated heterocycles. The van der Waals surface area contributed by atoms with Crippen LogP contribution in [0.25, 0.3) is 23.0 Å². The summed E-state index contributed by atoms with van der Waals surface area (Å²) in [6.07, 6.45) is 1.42. The van der Waals surface area contributed by atoms with Crippen molar-refractivity contribution in [3.05, 3.63) is 59.4 Å². The number of benzene rings is 1. The van der Waals surface area contributed by atoms with Gasteiger partial charge in [-0.2, -0.15) is 13.2 Å². The van der Waals surface area contributed by atoms with Gasteiger partial charge in [0.1, 0.15) is 0 Å². The van der Waals surface area contributed by atoms with Gasteiger partial charge in [-0.1, -0.05) is 18.2 Å². The molecule has 0 aliphatic rings. The summed E-state index contributed by atoms with van der Waals surface area (Å²) in [6.45, 7) is 1.39. The van der Waals surface area contributed by atoms with Gasteiger partial charge in [0.15, 0.2) is 5.65 Å². The third-order valence-electron chi connectivity index (χ3n) is 4.76. The molecule has 1 aromatic carbocycles. The zero-order chi connectivity index (χ0) is 22.6. The molecule has 164 valence electrons. The first-order valence-electron chi connectivity index (χ1n) is 9.65. The smallest absolute Gasteiger partial charge is 0.390 e. The minimum absolute atomic E-state index is 0.161. The highest BCUT2D eigenvalue weighted by Gasteiger charge is 2.26. The highest BCUT2D eigenvalue weighted by Crippen LogP contribution is 2.28. The van der Waals surface area contributed by atoms with E-state index in [-0.39, 0.29) is 19.1 Å². The minimum Gasteiger partial charge on any atom is -0.392 e. The number of halogens is 3. The van der Waals surface area contributed by atoms with Crippen LogP contribution in [0.3, 0.4) is 0 Å². The monoisotopic (exact) mass is 432 g/mol. The fraction of sp³-hybridized carbons (Fsp3) is 0.273. The van der Waals surface area contributed by atoms with E-state index in [1.165, 1.54) is 0 Å². The van der Waals surface area contributed by atoms with Crippen molar-refractivity contribution in [3.8, 4) is 11.3 Å². The molecule has 3 N–H and O–H groups in total. The molecular weight excluding hydrogens is 409 g/mol. The summed E-state index contributed by atoms with van der Waals surface area (Å²) in [5.41, 5.74) is 4.49. The number of carbonyl (C=O) groups excluding carboxylic acids is 1. The number of nitrogens with zero attached hydrogens (tertiary/aromatic N) is 2. The van der Waals surface area contributed by atoms with Crippen LogP contribution in [-0.2, 0) is 0 Å². The number of alkyl halides is 3. The number of hydrogen-bond donors (Lipinski definition) is 3. The van der Waals surface area contributed by atoms with Crippen LogP contribution in [0.15, 0.2) is 42.7 Å². The summed E-state index contributed by atoms with van der Waals surface area (Å²) in [7, 11) is 1.56. The lowest BCUT2D eigenvalue weighted by Gasteiger charge is -2.12. The number of pyridine rings is 1. The van der Waals surface area contributed by atoms with Gasteiger partial charge in [0.25, 0.3) is 5.91 Å². The number of aliphatic hydroxyl groups excluding tert-OH is 1. The number of imidazole rings is 1. The standard InChI is InChI=1S/C22H23F3N4O2/c1-14-10-16(5-6-17(14)21(31)26-2)19-12-28-20-18(27-8-7-22(23,24)25)11-15(4-3-9-30)13-29(19)20/h3-6,10-13,27,30H,7-9H2,1-2H3,(H,26,31)/b4-3-. The number of carbonyl (C=O) groups is 1. The van der Waals surface area contributed by atoms with Crippen molar-refractivity contribution in [2.45, 2.75) is 19.5 Å². The molecule has 0 saturated carbocycles. The van der Waals surface area contributed by atoms with Crippen LogP contribution in [0.2, 0.25) is 0 Å². The molecule has 2 aromatic heterocycles. The first kappa shape index (κ1) is 22.4. The number of amides is 1. The maximum Gasteiger partial charge on any atom is 0.390 e. The van der Waals surface area contributed by atoms with Gasteiger partial charge in [0.2, 0.25) is 0 Å². The molecule has 6 nitrogen and oxygen atoms in total. The Bertz CT molecular complexity index is 1120. The Balaban J connectivity index is 2.05. The van der Waals surface area contributed by atoms with Crippen molar-refractivity contribution in [1.82, 2.24) is 14.7 Å². The minimum atomic E-state index is -4.26. The van der Waals surface area contributed by atoms with Crippen molar-refractivity contribution in [3.63, 3.8) is 0 Å². The Kier molecular flexibility index (Phi) is 6.65. The summed E-state index contributed by atoms with van der Waals surface area (Å²) in [5, 5.41) is 14.5. The average molecular weight is 432 g/mol. The van der Waals surface area contributed by atoms with E-state index in [0.29, 0.717) is 22.5 Å². The number of fused-ring (bicyclic) bond motifs is 1. The average Bonchev–Trinajstić information content (AvgIpc) is 3.14. The first-order chi connectivity index (χ1) is 14.7. The number of nitrogens with one attached hydrogen (secondary N) is 2. The van der Waals surface area contributed by atoms with Crippen LogP contribution in [0.4, 0.5) is 18.9 Å². The van der Waals surface area contributed by atoms with Crippen molar-refractivity contribution >= 4 is 23.3 Å². The van der Waals surface area contributed by atoms with Gasteiger partial charge < -0.3 is 15.7 Å². The largest absolute Gasteiger partial charge is 0.392 e. The molecule has 2 heterocycles. The summed E-state index contributed by atoms with van der Waals surface area (Å²) < 4.78 is 39.5. The molecule has 0 unspecified atom stereocenters. The summed E-state index contributed by atoms with van der Waals surface area (Å²) in [6, 6.07) is 7.07. The van der Waals surface area contributed by atoms with Gasteiger partial charge in [0.05, 0.1) is 30.6 Å². The molecule has 9 heteroatoms. The van der Waals surface area contributed by atoms with Gasteiger partial charge in [0, 0.05) is 30.9 Å². The molecule has 0 radical (unpaired) electrons. The quantitative estimate of drug-likeness (QED) is 0.527. The molecule has 0 bridgehead atoms. The Morgan fingerprint density at radius 3 is 2.71 bits per heavy atom. The molecule has 0 aliphatic heterocycles. The van der Waals surface area contributed by atoms with Gasteiger partial charge in [-0.15, -0.1) is 0 Å². The van der Waals surface area contributed by atoms with Gasteiger partial charge >= 0.3 is 6.18 Å². The van der Waals surface area contributed by atoms with E-state index in [1.807, 2.05) is 13.0 Å². The predicted molar refractivity (Wildman–Crippen MR) is 114 cm³/mol.